The van der Waals surface area contributed by atoms with Crippen molar-refractivity contribution in [2.24, 2.45) is 5.92 Å². The van der Waals surface area contributed by atoms with E-state index < -0.39 is 6.04 Å². The van der Waals surface area contributed by atoms with E-state index in [1.807, 2.05) is 41.3 Å². The van der Waals surface area contributed by atoms with Gasteiger partial charge < -0.3 is 15.1 Å². The summed E-state index contributed by atoms with van der Waals surface area (Å²) in [6.07, 6.45) is 3.59. The van der Waals surface area contributed by atoms with Crippen molar-refractivity contribution in [3.8, 4) is 6.07 Å². The van der Waals surface area contributed by atoms with Crippen LogP contribution in [0.25, 0.3) is 0 Å². The molecule has 3 amide bonds. The van der Waals surface area contributed by atoms with Gasteiger partial charge in [-0.15, -0.1) is 6.58 Å². The van der Waals surface area contributed by atoms with Gasteiger partial charge >= 0.3 is 6.03 Å². The zero-order valence-corrected chi connectivity index (χ0v) is 18.5. The maximum atomic E-state index is 13.4. The molecule has 3 rings (SSSR count). The summed E-state index contributed by atoms with van der Waals surface area (Å²) in [5.41, 5.74) is 2.14. The van der Waals surface area contributed by atoms with Crippen LogP contribution in [0.15, 0.2) is 67.3 Å². The molecule has 0 spiro atoms. The van der Waals surface area contributed by atoms with E-state index in [2.05, 4.69) is 24.9 Å². The van der Waals surface area contributed by atoms with Crippen molar-refractivity contribution in [1.82, 2.24) is 15.1 Å². The summed E-state index contributed by atoms with van der Waals surface area (Å²) in [5, 5.41) is 12.1. The van der Waals surface area contributed by atoms with Crippen molar-refractivity contribution < 1.29 is 9.59 Å². The molecule has 1 N–H and O–H groups in total. The molecule has 32 heavy (non-hydrogen) atoms. The molecule has 1 heterocycles. The van der Waals surface area contributed by atoms with Crippen LogP contribution in [-0.2, 0) is 11.3 Å². The van der Waals surface area contributed by atoms with Crippen LogP contribution in [0, 0.1) is 17.2 Å². The Hall–Kier alpha value is -3.59. The molecule has 2 aromatic rings. The molecule has 0 unspecified atom stereocenters. The topological polar surface area (TPSA) is 76.4 Å². The number of carbonyl (C=O) groups excluding carboxylic acids is 2. The minimum Gasteiger partial charge on any atom is -0.341 e. The number of piperidine rings is 1. The third kappa shape index (κ3) is 5.98. The highest BCUT2D eigenvalue weighted by atomic mass is 16.2. The molecule has 0 radical (unpaired) electrons. The lowest BCUT2D eigenvalue weighted by Crippen LogP contribution is -2.49. The first kappa shape index (κ1) is 23.1. The summed E-state index contributed by atoms with van der Waals surface area (Å²) in [4.78, 5) is 30.1. The van der Waals surface area contributed by atoms with Gasteiger partial charge in [0.1, 0.15) is 6.04 Å². The van der Waals surface area contributed by atoms with Crippen molar-refractivity contribution in [2.45, 2.75) is 32.4 Å². The fourth-order valence-electron chi connectivity index (χ4n) is 3.89. The van der Waals surface area contributed by atoms with Crippen LogP contribution < -0.4 is 5.32 Å². The number of hydrogen-bond donors (Lipinski definition) is 1. The van der Waals surface area contributed by atoms with E-state index in [-0.39, 0.29) is 11.9 Å². The Morgan fingerprint density at radius 2 is 1.94 bits per heavy atom. The third-order valence-corrected chi connectivity index (χ3v) is 5.81. The number of amides is 3. The van der Waals surface area contributed by atoms with E-state index in [4.69, 9.17) is 5.26 Å². The SMILES string of the molecule is C=CCN(Cc1cccc(C#N)c1)C(=O)N[C@@H](C(=O)N1CCC(C)CC1)c1ccccc1. The lowest BCUT2D eigenvalue weighted by molar-refractivity contribution is -0.134. The van der Waals surface area contributed by atoms with E-state index in [1.165, 1.54) is 0 Å². The van der Waals surface area contributed by atoms with E-state index in [0.717, 1.165) is 24.0 Å². The molecule has 1 aliphatic rings. The van der Waals surface area contributed by atoms with Gasteiger partial charge in [-0.2, -0.15) is 5.26 Å². The van der Waals surface area contributed by atoms with Crippen LogP contribution in [0.1, 0.15) is 42.5 Å². The van der Waals surface area contributed by atoms with Gasteiger partial charge in [0, 0.05) is 26.2 Å². The fourth-order valence-corrected chi connectivity index (χ4v) is 3.89. The molecular formula is C26H30N4O2. The van der Waals surface area contributed by atoms with Crippen LogP contribution in [0.4, 0.5) is 4.79 Å². The van der Waals surface area contributed by atoms with Crippen molar-refractivity contribution in [3.05, 3.63) is 83.9 Å². The summed E-state index contributed by atoms with van der Waals surface area (Å²) in [6.45, 7) is 8.00. The Bertz CT molecular complexity index is 975. The van der Waals surface area contributed by atoms with Gasteiger partial charge in [0.25, 0.3) is 0 Å². The van der Waals surface area contributed by atoms with E-state index in [1.54, 1.807) is 29.2 Å². The standard InChI is InChI=1S/C26H30N4O2/c1-3-14-30(19-22-9-7-8-21(17-22)18-27)26(32)28-24(23-10-5-4-6-11-23)25(31)29-15-12-20(2)13-16-29/h3-11,17,20,24H,1,12-16,19H2,2H3,(H,28,32)/t24-/m1/s1. The smallest absolute Gasteiger partial charge is 0.318 e. The molecule has 6 nitrogen and oxygen atoms in total. The summed E-state index contributed by atoms with van der Waals surface area (Å²) >= 11 is 0. The molecular weight excluding hydrogens is 400 g/mol. The van der Waals surface area contributed by atoms with Gasteiger partial charge in [-0.1, -0.05) is 55.5 Å². The Morgan fingerprint density at radius 1 is 1.22 bits per heavy atom. The molecule has 2 aromatic carbocycles. The second-order valence-electron chi connectivity index (χ2n) is 8.28. The van der Waals surface area contributed by atoms with Gasteiger partial charge in [0.05, 0.1) is 11.6 Å². The first-order chi connectivity index (χ1) is 15.5. The quantitative estimate of drug-likeness (QED) is 0.667. The second-order valence-corrected chi connectivity index (χ2v) is 8.28. The molecule has 0 aromatic heterocycles. The molecule has 0 bridgehead atoms. The first-order valence-electron chi connectivity index (χ1n) is 11.0. The summed E-state index contributed by atoms with van der Waals surface area (Å²) in [7, 11) is 0. The second kappa shape index (κ2) is 11.1. The number of rotatable bonds is 7. The molecule has 1 fully saturated rings. The van der Waals surface area contributed by atoms with Crippen molar-refractivity contribution in [2.75, 3.05) is 19.6 Å². The van der Waals surface area contributed by atoms with Gasteiger partial charge in [0.15, 0.2) is 0 Å². The van der Waals surface area contributed by atoms with Crippen molar-refractivity contribution >= 4 is 11.9 Å². The maximum absolute atomic E-state index is 13.4. The average Bonchev–Trinajstić information content (AvgIpc) is 2.83. The normalized spacial score (nSPS) is 14.8. The van der Waals surface area contributed by atoms with Crippen LogP contribution in [0.3, 0.4) is 0 Å². The monoisotopic (exact) mass is 430 g/mol. The number of benzene rings is 2. The highest BCUT2D eigenvalue weighted by Gasteiger charge is 2.30. The highest BCUT2D eigenvalue weighted by molar-refractivity contribution is 5.88. The largest absolute Gasteiger partial charge is 0.341 e. The predicted octanol–water partition coefficient (Wildman–Crippen LogP) is 4.26. The van der Waals surface area contributed by atoms with Crippen molar-refractivity contribution in [3.63, 3.8) is 0 Å². The number of likely N-dealkylation sites (tertiary alicyclic amines) is 1. The maximum Gasteiger partial charge on any atom is 0.318 e. The summed E-state index contributed by atoms with van der Waals surface area (Å²) in [5.74, 6) is 0.526. The molecule has 1 aliphatic heterocycles. The van der Waals surface area contributed by atoms with Gasteiger partial charge in [-0.05, 0) is 42.0 Å². The van der Waals surface area contributed by atoms with Crippen LogP contribution in [0.2, 0.25) is 0 Å². The zero-order chi connectivity index (χ0) is 22.9. The highest BCUT2D eigenvalue weighted by Crippen LogP contribution is 2.22. The number of nitriles is 1. The van der Waals surface area contributed by atoms with Crippen LogP contribution in [0.5, 0.6) is 0 Å². The number of nitrogens with one attached hydrogen (secondary N) is 1. The molecule has 6 heteroatoms. The van der Waals surface area contributed by atoms with Crippen LogP contribution in [-0.4, -0.2) is 41.4 Å². The van der Waals surface area contributed by atoms with Crippen molar-refractivity contribution in [1.29, 1.82) is 5.26 Å². The van der Waals surface area contributed by atoms with E-state index in [0.29, 0.717) is 37.7 Å². The number of nitrogens with zero attached hydrogens (tertiary/aromatic N) is 3. The number of hydrogen-bond acceptors (Lipinski definition) is 3. The minimum atomic E-state index is -0.755. The molecule has 0 saturated carbocycles. The van der Waals surface area contributed by atoms with Gasteiger partial charge in [-0.3, -0.25) is 4.79 Å². The Kier molecular flexibility index (Phi) is 8.04. The number of urea groups is 1. The molecule has 166 valence electrons. The summed E-state index contributed by atoms with van der Waals surface area (Å²) in [6, 6.07) is 17.5. The lowest BCUT2D eigenvalue weighted by Gasteiger charge is -2.34. The Morgan fingerprint density at radius 3 is 2.59 bits per heavy atom. The van der Waals surface area contributed by atoms with E-state index in [9.17, 15) is 9.59 Å². The Balaban J connectivity index is 1.79. The number of carbonyl (C=O) groups is 2. The van der Waals surface area contributed by atoms with E-state index >= 15 is 0 Å². The molecule has 0 aliphatic carbocycles. The average molecular weight is 431 g/mol. The fraction of sp³-hybridized carbons (Fsp3) is 0.346. The van der Waals surface area contributed by atoms with Gasteiger partial charge in [-0.25, -0.2) is 4.79 Å². The zero-order valence-electron chi connectivity index (χ0n) is 18.5. The minimum absolute atomic E-state index is 0.0820. The van der Waals surface area contributed by atoms with Crippen LogP contribution >= 0.6 is 0 Å². The Labute approximate surface area is 190 Å². The first-order valence-corrected chi connectivity index (χ1v) is 11.0. The lowest BCUT2D eigenvalue weighted by atomic mass is 9.97. The van der Waals surface area contributed by atoms with Gasteiger partial charge in [0.2, 0.25) is 5.91 Å². The summed E-state index contributed by atoms with van der Waals surface area (Å²) < 4.78 is 0. The molecule has 1 saturated heterocycles. The predicted molar refractivity (Wildman–Crippen MR) is 124 cm³/mol. The molecule has 1 atom stereocenters. The third-order valence-electron chi connectivity index (χ3n) is 5.81.